The molecule has 0 bridgehead atoms. The van der Waals surface area contributed by atoms with Crippen LogP contribution in [0.4, 0.5) is 8.78 Å². The van der Waals surface area contributed by atoms with Gasteiger partial charge in [-0.25, -0.2) is 13.8 Å². The van der Waals surface area contributed by atoms with E-state index >= 15 is 0 Å². The summed E-state index contributed by atoms with van der Waals surface area (Å²) in [5, 5.41) is 11.2. The molecule has 168 valence electrons. The molecule has 0 saturated carbocycles. The number of nitrogens with one attached hydrogen (secondary N) is 1. The number of hydrogen-bond acceptors (Lipinski definition) is 6. The second-order valence-corrected chi connectivity index (χ2v) is 7.42. The van der Waals surface area contributed by atoms with Crippen LogP contribution in [0.5, 0.6) is 5.88 Å². The monoisotopic (exact) mass is 443 g/mol. The zero-order chi connectivity index (χ0) is 23.3. The molecule has 1 N–H and O–H groups in total. The molecule has 32 heavy (non-hydrogen) atoms. The summed E-state index contributed by atoms with van der Waals surface area (Å²) in [6.07, 6.45) is 0.655. The third-order valence-corrected chi connectivity index (χ3v) is 5.20. The lowest BCUT2D eigenvalue weighted by molar-refractivity contribution is -0.120. The van der Waals surface area contributed by atoms with Gasteiger partial charge in [0, 0.05) is 42.2 Å². The highest BCUT2D eigenvalue weighted by Gasteiger charge is 2.34. The van der Waals surface area contributed by atoms with Gasteiger partial charge in [-0.05, 0) is 31.5 Å². The largest absolute Gasteiger partial charge is 0.471 e. The number of nitrogens with zero attached hydrogens (tertiary/aromatic N) is 4. The Bertz CT molecular complexity index is 1050. The van der Waals surface area contributed by atoms with Crippen molar-refractivity contribution in [2.24, 2.45) is 0 Å². The summed E-state index contributed by atoms with van der Waals surface area (Å²) in [5.41, 5.74) is 3.03. The van der Waals surface area contributed by atoms with Crippen LogP contribution in [0.15, 0.2) is 24.5 Å². The minimum absolute atomic E-state index is 0.0148. The zero-order valence-corrected chi connectivity index (χ0v) is 17.8. The van der Waals surface area contributed by atoms with Crippen molar-refractivity contribution in [1.82, 2.24) is 20.2 Å². The molecule has 1 aliphatic heterocycles. The quantitative estimate of drug-likeness (QED) is 0.597. The Labute approximate surface area is 184 Å². The van der Waals surface area contributed by atoms with Gasteiger partial charge in [0.25, 0.3) is 12.3 Å². The Morgan fingerprint density at radius 3 is 2.88 bits per heavy atom. The number of fused-ring (bicyclic) bond motifs is 1. The minimum Gasteiger partial charge on any atom is -0.471 e. The standard InChI is InChI=1S/C22H23F2N5O3/c1-13-8-15(10-28-21(13)32-12-19(23)24)14(2)29-11-17-16(22(29)31)4-7-26-18(17)9-20(30)27-6-3-5-25/h4,7-8,10,14,19H,3,6,9,11-12H2,1-2H3,(H,27,30). The van der Waals surface area contributed by atoms with E-state index in [0.717, 1.165) is 5.56 Å². The van der Waals surface area contributed by atoms with Crippen LogP contribution >= 0.6 is 0 Å². The van der Waals surface area contributed by atoms with Crippen molar-refractivity contribution in [2.75, 3.05) is 13.2 Å². The lowest BCUT2D eigenvalue weighted by atomic mass is 10.1. The first-order valence-corrected chi connectivity index (χ1v) is 10.1. The van der Waals surface area contributed by atoms with Crippen molar-refractivity contribution in [2.45, 2.75) is 45.7 Å². The van der Waals surface area contributed by atoms with Gasteiger partial charge in [0.1, 0.15) is 0 Å². The Kier molecular flexibility index (Phi) is 7.30. The number of aromatic nitrogens is 2. The van der Waals surface area contributed by atoms with Crippen LogP contribution in [0.25, 0.3) is 0 Å². The molecule has 2 aromatic heterocycles. The third kappa shape index (κ3) is 5.17. The summed E-state index contributed by atoms with van der Waals surface area (Å²) in [7, 11) is 0. The van der Waals surface area contributed by atoms with Crippen LogP contribution < -0.4 is 10.1 Å². The lowest BCUT2D eigenvalue weighted by Crippen LogP contribution is -2.28. The number of nitriles is 1. The van der Waals surface area contributed by atoms with E-state index in [2.05, 4.69) is 15.3 Å². The van der Waals surface area contributed by atoms with Gasteiger partial charge in [-0.2, -0.15) is 5.26 Å². The van der Waals surface area contributed by atoms with Crippen LogP contribution in [0.2, 0.25) is 0 Å². The molecular weight excluding hydrogens is 420 g/mol. The molecule has 10 heteroatoms. The van der Waals surface area contributed by atoms with Gasteiger partial charge < -0.3 is 15.0 Å². The van der Waals surface area contributed by atoms with Crippen molar-refractivity contribution >= 4 is 11.8 Å². The first-order valence-electron chi connectivity index (χ1n) is 10.1. The van der Waals surface area contributed by atoms with Crippen LogP contribution in [-0.2, 0) is 17.8 Å². The third-order valence-electron chi connectivity index (χ3n) is 5.20. The second kappa shape index (κ2) is 10.1. The highest BCUT2D eigenvalue weighted by Crippen LogP contribution is 2.33. The first kappa shape index (κ1) is 23.1. The van der Waals surface area contributed by atoms with Crippen LogP contribution in [0.1, 0.15) is 52.1 Å². The highest BCUT2D eigenvalue weighted by molar-refractivity contribution is 5.99. The number of aryl methyl sites for hydroxylation is 1. The van der Waals surface area contributed by atoms with E-state index in [1.807, 2.05) is 13.0 Å². The molecule has 8 nitrogen and oxygen atoms in total. The molecule has 1 atom stereocenters. The maximum absolute atomic E-state index is 13.0. The molecule has 2 aromatic rings. The van der Waals surface area contributed by atoms with Crippen molar-refractivity contribution in [1.29, 1.82) is 5.26 Å². The summed E-state index contributed by atoms with van der Waals surface area (Å²) >= 11 is 0. The van der Waals surface area contributed by atoms with Crippen LogP contribution in [0.3, 0.4) is 0 Å². The molecule has 0 fully saturated rings. The number of rotatable bonds is 9. The van der Waals surface area contributed by atoms with E-state index in [-0.39, 0.29) is 49.7 Å². The fraction of sp³-hybridized carbons (Fsp3) is 0.409. The SMILES string of the molecule is Cc1cc(C(C)N2Cc3c(ccnc3CC(=O)NCCC#N)C2=O)cnc1OCC(F)F. The Balaban J connectivity index is 1.74. The topological polar surface area (TPSA) is 108 Å². The van der Waals surface area contributed by atoms with Crippen molar-refractivity contribution in [3.63, 3.8) is 0 Å². The molecule has 2 amide bonds. The van der Waals surface area contributed by atoms with Gasteiger partial charge >= 0.3 is 0 Å². The first-order chi connectivity index (χ1) is 15.3. The molecule has 0 spiro atoms. The lowest BCUT2D eigenvalue weighted by Gasteiger charge is -2.25. The van der Waals surface area contributed by atoms with E-state index in [9.17, 15) is 18.4 Å². The molecular formula is C22H23F2N5O3. The summed E-state index contributed by atoms with van der Waals surface area (Å²) in [4.78, 5) is 35.2. The normalized spacial score (nSPS) is 13.6. The van der Waals surface area contributed by atoms with E-state index in [1.54, 1.807) is 24.0 Å². The van der Waals surface area contributed by atoms with Gasteiger partial charge in [0.15, 0.2) is 6.61 Å². The number of halogens is 2. The second-order valence-electron chi connectivity index (χ2n) is 7.42. The summed E-state index contributed by atoms with van der Waals surface area (Å²) in [6.45, 7) is 3.37. The number of pyridine rings is 2. The minimum atomic E-state index is -2.59. The fourth-order valence-corrected chi connectivity index (χ4v) is 3.53. The fourth-order valence-electron chi connectivity index (χ4n) is 3.53. The zero-order valence-electron chi connectivity index (χ0n) is 17.8. The predicted molar refractivity (Wildman–Crippen MR) is 110 cm³/mol. The highest BCUT2D eigenvalue weighted by atomic mass is 19.3. The number of alkyl halides is 2. The van der Waals surface area contributed by atoms with Gasteiger partial charge in [0.05, 0.1) is 30.6 Å². The Hall–Kier alpha value is -3.61. The van der Waals surface area contributed by atoms with E-state index in [1.165, 1.54) is 12.4 Å². The van der Waals surface area contributed by atoms with Crippen molar-refractivity contribution < 1.29 is 23.1 Å². The van der Waals surface area contributed by atoms with Gasteiger partial charge in [-0.1, -0.05) is 0 Å². The molecule has 3 rings (SSSR count). The van der Waals surface area contributed by atoms with Crippen LogP contribution in [-0.4, -0.2) is 46.3 Å². The molecule has 0 saturated heterocycles. The number of carbonyl (C=O) groups is 2. The van der Waals surface area contributed by atoms with E-state index in [0.29, 0.717) is 22.4 Å². The van der Waals surface area contributed by atoms with Gasteiger partial charge in [-0.15, -0.1) is 0 Å². The molecule has 3 heterocycles. The maximum atomic E-state index is 13.0. The van der Waals surface area contributed by atoms with E-state index in [4.69, 9.17) is 10.00 Å². The average Bonchev–Trinajstić information content (AvgIpc) is 3.10. The average molecular weight is 443 g/mol. The molecule has 1 aliphatic rings. The Morgan fingerprint density at radius 1 is 1.41 bits per heavy atom. The summed E-state index contributed by atoms with van der Waals surface area (Å²) in [5.74, 6) is -0.317. The maximum Gasteiger partial charge on any atom is 0.272 e. The van der Waals surface area contributed by atoms with Crippen LogP contribution in [0, 0.1) is 18.3 Å². The van der Waals surface area contributed by atoms with Gasteiger partial charge in [0.2, 0.25) is 11.8 Å². The Morgan fingerprint density at radius 2 is 2.19 bits per heavy atom. The van der Waals surface area contributed by atoms with Gasteiger partial charge in [-0.3, -0.25) is 14.6 Å². The van der Waals surface area contributed by atoms with Crippen molar-refractivity contribution in [3.8, 4) is 11.9 Å². The molecule has 0 aliphatic carbocycles. The number of carbonyl (C=O) groups excluding carboxylic acids is 2. The smallest absolute Gasteiger partial charge is 0.272 e. The number of amides is 2. The molecule has 1 unspecified atom stereocenters. The molecule has 0 radical (unpaired) electrons. The summed E-state index contributed by atoms with van der Waals surface area (Å²) < 4.78 is 29.8. The molecule has 0 aromatic carbocycles. The number of ether oxygens (including phenoxy) is 1. The summed E-state index contributed by atoms with van der Waals surface area (Å²) in [6, 6.07) is 5.01. The van der Waals surface area contributed by atoms with E-state index < -0.39 is 13.0 Å². The van der Waals surface area contributed by atoms with Crippen molar-refractivity contribution in [3.05, 3.63) is 52.5 Å². The number of hydrogen-bond donors (Lipinski definition) is 1. The predicted octanol–water partition coefficient (Wildman–Crippen LogP) is 2.72.